The van der Waals surface area contributed by atoms with E-state index in [0.717, 1.165) is 22.4 Å². The predicted molar refractivity (Wildman–Crippen MR) is 114 cm³/mol. The maximum Gasteiger partial charge on any atom is 0.230 e. The third-order valence-electron chi connectivity index (χ3n) is 4.50. The Morgan fingerprint density at radius 2 is 1.97 bits per heavy atom. The fourth-order valence-corrected chi connectivity index (χ4v) is 3.54. The van der Waals surface area contributed by atoms with Crippen LogP contribution in [0.4, 0.5) is 4.39 Å². The Labute approximate surface area is 178 Å². The molecule has 9 heteroatoms. The van der Waals surface area contributed by atoms with Crippen molar-refractivity contribution in [3.63, 3.8) is 0 Å². The van der Waals surface area contributed by atoms with Gasteiger partial charge in [0.25, 0.3) is 0 Å². The van der Waals surface area contributed by atoms with Gasteiger partial charge in [-0.15, -0.1) is 10.2 Å². The molecule has 2 aromatic carbocycles. The molecule has 0 fully saturated rings. The SMILES string of the molecule is Cc1ccc(OCc2nnc(SCC(=O)N[C@H](C)c3ccc(F)cc3)n2N)c(C)c1. The van der Waals surface area contributed by atoms with Crippen LogP contribution in [-0.2, 0) is 11.4 Å². The highest BCUT2D eigenvalue weighted by Crippen LogP contribution is 2.21. The summed E-state index contributed by atoms with van der Waals surface area (Å²) in [4.78, 5) is 12.2. The number of carbonyl (C=O) groups excluding carboxylic acids is 1. The van der Waals surface area contributed by atoms with E-state index in [0.29, 0.717) is 11.0 Å². The maximum absolute atomic E-state index is 13.0. The number of hydrogen-bond donors (Lipinski definition) is 2. The van der Waals surface area contributed by atoms with Crippen LogP contribution in [0.3, 0.4) is 0 Å². The predicted octanol–water partition coefficient (Wildman–Crippen LogP) is 3.30. The Bertz CT molecular complexity index is 1020. The fraction of sp³-hybridized carbons (Fsp3) is 0.286. The third kappa shape index (κ3) is 5.50. The number of halogens is 1. The minimum absolute atomic E-state index is 0.124. The van der Waals surface area contributed by atoms with Crippen molar-refractivity contribution in [2.75, 3.05) is 11.6 Å². The molecule has 0 unspecified atom stereocenters. The van der Waals surface area contributed by atoms with Gasteiger partial charge in [-0.05, 0) is 50.1 Å². The van der Waals surface area contributed by atoms with E-state index in [1.165, 1.54) is 28.6 Å². The molecule has 0 aliphatic heterocycles. The summed E-state index contributed by atoms with van der Waals surface area (Å²) in [5.74, 6) is 6.88. The van der Waals surface area contributed by atoms with Gasteiger partial charge in [0.2, 0.25) is 11.1 Å². The van der Waals surface area contributed by atoms with E-state index in [-0.39, 0.29) is 30.1 Å². The normalized spacial score (nSPS) is 11.9. The van der Waals surface area contributed by atoms with E-state index in [1.54, 1.807) is 12.1 Å². The van der Waals surface area contributed by atoms with Gasteiger partial charge in [-0.1, -0.05) is 41.6 Å². The molecule has 3 rings (SSSR count). The lowest BCUT2D eigenvalue weighted by atomic mass is 10.1. The maximum atomic E-state index is 13.0. The Hall–Kier alpha value is -3.07. The number of amides is 1. The highest BCUT2D eigenvalue weighted by Gasteiger charge is 2.15. The minimum Gasteiger partial charge on any atom is -0.485 e. The summed E-state index contributed by atoms with van der Waals surface area (Å²) < 4.78 is 20.1. The van der Waals surface area contributed by atoms with Gasteiger partial charge >= 0.3 is 0 Å². The number of carbonyl (C=O) groups is 1. The van der Waals surface area contributed by atoms with Crippen LogP contribution in [0.15, 0.2) is 47.6 Å². The van der Waals surface area contributed by atoms with E-state index < -0.39 is 0 Å². The lowest BCUT2D eigenvalue weighted by Crippen LogP contribution is -2.28. The highest BCUT2D eigenvalue weighted by atomic mass is 32.2. The second-order valence-corrected chi connectivity index (χ2v) is 7.90. The molecule has 0 spiro atoms. The lowest BCUT2D eigenvalue weighted by molar-refractivity contribution is -0.119. The topological polar surface area (TPSA) is 95.1 Å². The minimum atomic E-state index is -0.313. The second-order valence-electron chi connectivity index (χ2n) is 6.96. The smallest absolute Gasteiger partial charge is 0.230 e. The number of rotatable bonds is 8. The molecule has 7 nitrogen and oxygen atoms in total. The number of nitrogen functional groups attached to an aromatic ring is 1. The summed E-state index contributed by atoms with van der Waals surface area (Å²) >= 11 is 1.18. The number of ether oxygens (including phenoxy) is 1. The quantitative estimate of drug-likeness (QED) is 0.421. The van der Waals surface area contributed by atoms with E-state index in [9.17, 15) is 9.18 Å². The van der Waals surface area contributed by atoms with Gasteiger partial charge < -0.3 is 15.9 Å². The number of hydrogen-bond acceptors (Lipinski definition) is 6. The molecule has 30 heavy (non-hydrogen) atoms. The molecule has 0 radical (unpaired) electrons. The van der Waals surface area contributed by atoms with Crippen molar-refractivity contribution in [1.82, 2.24) is 20.2 Å². The van der Waals surface area contributed by atoms with Crippen LogP contribution in [0.1, 0.15) is 35.5 Å². The van der Waals surface area contributed by atoms with Gasteiger partial charge in [-0.2, -0.15) is 0 Å². The van der Waals surface area contributed by atoms with Gasteiger partial charge in [0.15, 0.2) is 5.82 Å². The van der Waals surface area contributed by atoms with E-state index >= 15 is 0 Å². The zero-order chi connectivity index (χ0) is 21.7. The molecule has 0 bridgehead atoms. The van der Waals surface area contributed by atoms with Crippen molar-refractivity contribution in [2.45, 2.75) is 38.6 Å². The van der Waals surface area contributed by atoms with Crippen LogP contribution in [0, 0.1) is 19.7 Å². The Balaban J connectivity index is 1.51. The Morgan fingerprint density at radius 1 is 1.23 bits per heavy atom. The van der Waals surface area contributed by atoms with Gasteiger partial charge in [-0.25, -0.2) is 9.07 Å². The largest absolute Gasteiger partial charge is 0.485 e. The van der Waals surface area contributed by atoms with Crippen molar-refractivity contribution in [3.05, 3.63) is 70.8 Å². The number of nitrogens with zero attached hydrogens (tertiary/aromatic N) is 3. The van der Waals surface area contributed by atoms with Gasteiger partial charge in [0.05, 0.1) is 11.8 Å². The number of nitrogens with two attached hydrogens (primary N) is 1. The molecule has 3 aromatic rings. The van der Waals surface area contributed by atoms with E-state index in [2.05, 4.69) is 15.5 Å². The molecular weight excluding hydrogens is 405 g/mol. The number of nitrogens with one attached hydrogen (secondary N) is 1. The van der Waals surface area contributed by atoms with Gasteiger partial charge in [-0.3, -0.25) is 4.79 Å². The molecular formula is C21H24FN5O2S. The Kier molecular flexibility index (Phi) is 6.94. The van der Waals surface area contributed by atoms with Crippen molar-refractivity contribution in [1.29, 1.82) is 0 Å². The molecule has 1 atom stereocenters. The van der Waals surface area contributed by atoms with Crippen molar-refractivity contribution in [2.24, 2.45) is 0 Å². The summed E-state index contributed by atoms with van der Waals surface area (Å²) in [6, 6.07) is 11.7. The van der Waals surface area contributed by atoms with E-state index in [4.69, 9.17) is 10.6 Å². The summed E-state index contributed by atoms with van der Waals surface area (Å²) in [6.45, 7) is 6.00. The van der Waals surface area contributed by atoms with Gasteiger partial charge in [0, 0.05) is 0 Å². The van der Waals surface area contributed by atoms with Crippen LogP contribution >= 0.6 is 11.8 Å². The molecule has 0 saturated heterocycles. The zero-order valence-electron chi connectivity index (χ0n) is 17.1. The first-order valence-electron chi connectivity index (χ1n) is 9.40. The molecule has 1 heterocycles. The molecule has 0 aliphatic carbocycles. The molecule has 3 N–H and O–H groups in total. The van der Waals surface area contributed by atoms with Crippen molar-refractivity contribution < 1.29 is 13.9 Å². The summed E-state index contributed by atoms with van der Waals surface area (Å²) in [7, 11) is 0. The van der Waals surface area contributed by atoms with Crippen LogP contribution in [0.5, 0.6) is 5.75 Å². The van der Waals surface area contributed by atoms with Crippen molar-refractivity contribution >= 4 is 17.7 Å². The van der Waals surface area contributed by atoms with Gasteiger partial charge in [0.1, 0.15) is 18.2 Å². The number of aromatic nitrogens is 3. The third-order valence-corrected chi connectivity index (χ3v) is 5.45. The molecule has 1 aromatic heterocycles. The number of thioether (sulfide) groups is 1. The van der Waals surface area contributed by atoms with Crippen molar-refractivity contribution in [3.8, 4) is 5.75 Å². The van der Waals surface area contributed by atoms with Crippen LogP contribution in [0.2, 0.25) is 0 Å². The molecule has 0 aliphatic rings. The molecule has 158 valence electrons. The van der Waals surface area contributed by atoms with Crippen LogP contribution < -0.4 is 15.9 Å². The number of benzene rings is 2. The average Bonchev–Trinajstić information content (AvgIpc) is 3.06. The second kappa shape index (κ2) is 9.62. The van der Waals surface area contributed by atoms with Crippen LogP contribution in [-0.4, -0.2) is 26.5 Å². The number of aryl methyl sites for hydroxylation is 2. The first kappa shape index (κ1) is 21.6. The first-order valence-corrected chi connectivity index (χ1v) is 10.4. The first-order chi connectivity index (χ1) is 14.3. The monoisotopic (exact) mass is 429 g/mol. The van der Waals surface area contributed by atoms with Crippen LogP contribution in [0.25, 0.3) is 0 Å². The average molecular weight is 430 g/mol. The highest BCUT2D eigenvalue weighted by molar-refractivity contribution is 7.99. The molecule has 1 amide bonds. The zero-order valence-corrected chi connectivity index (χ0v) is 17.9. The Morgan fingerprint density at radius 3 is 2.67 bits per heavy atom. The fourth-order valence-electron chi connectivity index (χ4n) is 2.86. The molecule has 0 saturated carbocycles. The van der Waals surface area contributed by atoms with E-state index in [1.807, 2.05) is 39.0 Å². The summed E-state index contributed by atoms with van der Waals surface area (Å²) in [5.41, 5.74) is 3.01. The lowest BCUT2D eigenvalue weighted by Gasteiger charge is -2.14. The standard InChI is InChI=1S/C21H24FN5O2S/c1-13-4-9-18(14(2)10-13)29-11-19-25-26-21(27(19)23)30-12-20(28)24-15(3)16-5-7-17(22)8-6-16/h4-10,15H,11-12,23H2,1-3H3,(H,24,28)/t15-/m1/s1. The summed E-state index contributed by atoms with van der Waals surface area (Å²) in [6.07, 6.45) is 0. The summed E-state index contributed by atoms with van der Waals surface area (Å²) in [5, 5.41) is 11.4.